The summed E-state index contributed by atoms with van der Waals surface area (Å²) in [5, 5.41) is 11.1. The summed E-state index contributed by atoms with van der Waals surface area (Å²) in [5.41, 5.74) is 1.85. The fourth-order valence-electron chi connectivity index (χ4n) is 1.38. The number of aromatic nitrogens is 1. The molecule has 0 spiro atoms. The van der Waals surface area contributed by atoms with Gasteiger partial charge in [0.15, 0.2) is 11.4 Å². The lowest BCUT2D eigenvalue weighted by Gasteiger charge is -2.04. The quantitative estimate of drug-likeness (QED) is 0.358. The third-order valence-corrected chi connectivity index (χ3v) is 2.12. The summed E-state index contributed by atoms with van der Waals surface area (Å²) in [6.45, 7) is 0. The lowest BCUT2D eigenvalue weighted by molar-refractivity contribution is 0.0946. The highest BCUT2D eigenvalue weighted by Crippen LogP contribution is 2.26. The number of hydrazine groups is 1. The highest BCUT2D eigenvalue weighted by molar-refractivity contribution is 6.01. The van der Waals surface area contributed by atoms with Crippen molar-refractivity contribution < 1.29 is 9.90 Å². The maximum atomic E-state index is 11.2. The van der Waals surface area contributed by atoms with E-state index in [0.29, 0.717) is 5.39 Å². The minimum absolute atomic E-state index is 0.0730. The molecule has 0 bridgehead atoms. The number of nitrogens with two attached hydrogens (primary N) is 1. The monoisotopic (exact) mass is 203 g/mol. The Kier molecular flexibility index (Phi) is 2.23. The van der Waals surface area contributed by atoms with Gasteiger partial charge in [-0.3, -0.25) is 10.2 Å². The van der Waals surface area contributed by atoms with Crippen LogP contribution >= 0.6 is 0 Å². The number of carbonyl (C=O) groups excluding carboxylic acids is 1. The Bertz CT molecular complexity index is 525. The van der Waals surface area contributed by atoms with E-state index in [1.54, 1.807) is 18.2 Å². The zero-order valence-corrected chi connectivity index (χ0v) is 7.77. The van der Waals surface area contributed by atoms with Crippen molar-refractivity contribution in [3.05, 3.63) is 36.2 Å². The molecule has 76 valence electrons. The summed E-state index contributed by atoms with van der Waals surface area (Å²) in [6.07, 6.45) is 1.51. The van der Waals surface area contributed by atoms with E-state index in [1.807, 2.05) is 11.5 Å². The fourth-order valence-corrected chi connectivity index (χ4v) is 1.38. The number of nitrogens with zero attached hydrogens (tertiary/aromatic N) is 1. The van der Waals surface area contributed by atoms with Crippen molar-refractivity contribution in [2.75, 3.05) is 0 Å². The molecule has 1 aromatic heterocycles. The summed E-state index contributed by atoms with van der Waals surface area (Å²) in [7, 11) is 0. The van der Waals surface area contributed by atoms with E-state index in [9.17, 15) is 9.90 Å². The first kappa shape index (κ1) is 9.42. The molecule has 0 radical (unpaired) electrons. The van der Waals surface area contributed by atoms with Gasteiger partial charge in [0.2, 0.25) is 0 Å². The molecule has 15 heavy (non-hydrogen) atoms. The number of pyridine rings is 1. The number of rotatable bonds is 1. The number of nitrogen functional groups attached to an aromatic ring is 1. The number of aromatic hydroxyl groups is 1. The Morgan fingerprint density at radius 3 is 2.87 bits per heavy atom. The van der Waals surface area contributed by atoms with Crippen molar-refractivity contribution >= 4 is 16.7 Å². The minimum Gasteiger partial charge on any atom is -0.505 e. The number of hydrogen-bond donors (Lipinski definition) is 3. The summed E-state index contributed by atoms with van der Waals surface area (Å²) < 4.78 is 0. The molecule has 5 heteroatoms. The van der Waals surface area contributed by atoms with Gasteiger partial charge in [0.05, 0.1) is 0 Å². The maximum Gasteiger partial charge on any atom is 0.287 e. The normalized spacial score (nSPS) is 10.2. The zero-order chi connectivity index (χ0) is 10.8. The first-order valence-electron chi connectivity index (χ1n) is 4.31. The highest BCUT2D eigenvalue weighted by atomic mass is 16.3. The van der Waals surface area contributed by atoms with Gasteiger partial charge in [0.25, 0.3) is 5.91 Å². The number of amides is 1. The Labute approximate surface area is 85.5 Å². The molecule has 2 aromatic rings. The van der Waals surface area contributed by atoms with Gasteiger partial charge in [-0.15, -0.1) is 0 Å². The molecule has 0 saturated heterocycles. The average molecular weight is 203 g/mol. The van der Waals surface area contributed by atoms with Crippen LogP contribution in [0.1, 0.15) is 10.5 Å². The van der Waals surface area contributed by atoms with Crippen LogP contribution in [0.3, 0.4) is 0 Å². The molecule has 0 aliphatic carbocycles. The number of carbonyl (C=O) groups is 1. The van der Waals surface area contributed by atoms with Crippen LogP contribution in [0.5, 0.6) is 5.75 Å². The van der Waals surface area contributed by atoms with E-state index in [2.05, 4.69) is 4.98 Å². The topological polar surface area (TPSA) is 88.2 Å². The number of nitrogens with one attached hydrogen (secondary N) is 1. The first-order valence-corrected chi connectivity index (χ1v) is 4.31. The van der Waals surface area contributed by atoms with Crippen molar-refractivity contribution in [1.29, 1.82) is 0 Å². The molecule has 1 heterocycles. The van der Waals surface area contributed by atoms with Crippen molar-refractivity contribution in [1.82, 2.24) is 10.4 Å². The standard InChI is InChI=1S/C10H9N3O2/c11-13-10(15)8-9(14)7-4-2-1-3-6(7)5-12-8/h1-5,14H,11H2,(H,13,15). The van der Waals surface area contributed by atoms with E-state index in [0.717, 1.165) is 5.39 Å². The summed E-state index contributed by atoms with van der Waals surface area (Å²) in [4.78, 5) is 15.1. The Morgan fingerprint density at radius 1 is 1.40 bits per heavy atom. The van der Waals surface area contributed by atoms with Gasteiger partial charge in [-0.1, -0.05) is 24.3 Å². The number of hydrogen-bond acceptors (Lipinski definition) is 4. The van der Waals surface area contributed by atoms with Gasteiger partial charge in [0.1, 0.15) is 0 Å². The van der Waals surface area contributed by atoms with Crippen molar-refractivity contribution in [3.8, 4) is 5.75 Å². The molecule has 4 N–H and O–H groups in total. The maximum absolute atomic E-state index is 11.2. The number of benzene rings is 1. The molecule has 0 atom stereocenters. The van der Waals surface area contributed by atoms with Gasteiger partial charge in [-0.05, 0) is 0 Å². The first-order chi connectivity index (χ1) is 7.24. The molecule has 1 amide bonds. The second-order valence-electron chi connectivity index (χ2n) is 3.02. The van der Waals surface area contributed by atoms with E-state index < -0.39 is 5.91 Å². The van der Waals surface area contributed by atoms with Gasteiger partial charge in [-0.25, -0.2) is 10.8 Å². The predicted molar refractivity (Wildman–Crippen MR) is 55.1 cm³/mol. The second-order valence-corrected chi connectivity index (χ2v) is 3.02. The zero-order valence-electron chi connectivity index (χ0n) is 7.77. The van der Waals surface area contributed by atoms with Crippen LogP contribution < -0.4 is 11.3 Å². The van der Waals surface area contributed by atoms with Crippen LogP contribution in [0.4, 0.5) is 0 Å². The lowest BCUT2D eigenvalue weighted by atomic mass is 10.1. The molecule has 0 saturated carbocycles. The third-order valence-electron chi connectivity index (χ3n) is 2.12. The summed E-state index contributed by atoms with van der Waals surface area (Å²) in [6, 6.07) is 7.10. The van der Waals surface area contributed by atoms with E-state index in [4.69, 9.17) is 5.84 Å². The Balaban J connectivity index is 2.70. The van der Waals surface area contributed by atoms with E-state index in [1.165, 1.54) is 6.20 Å². The SMILES string of the molecule is NNC(=O)c1ncc2ccccc2c1O. The van der Waals surface area contributed by atoms with Gasteiger partial charge in [-0.2, -0.15) is 0 Å². The molecular weight excluding hydrogens is 194 g/mol. The van der Waals surface area contributed by atoms with Gasteiger partial charge >= 0.3 is 0 Å². The van der Waals surface area contributed by atoms with Crippen LogP contribution in [0.15, 0.2) is 30.5 Å². The third kappa shape index (κ3) is 1.49. The van der Waals surface area contributed by atoms with Crippen LogP contribution in [0.2, 0.25) is 0 Å². The van der Waals surface area contributed by atoms with E-state index in [-0.39, 0.29) is 11.4 Å². The van der Waals surface area contributed by atoms with Crippen LogP contribution in [-0.2, 0) is 0 Å². The Morgan fingerprint density at radius 2 is 2.13 bits per heavy atom. The fraction of sp³-hybridized carbons (Fsp3) is 0. The molecule has 0 fully saturated rings. The smallest absolute Gasteiger partial charge is 0.287 e. The molecule has 1 aromatic carbocycles. The van der Waals surface area contributed by atoms with Crippen LogP contribution in [0.25, 0.3) is 10.8 Å². The summed E-state index contributed by atoms with van der Waals surface area (Å²) in [5.74, 6) is 4.20. The van der Waals surface area contributed by atoms with Crippen molar-refractivity contribution in [2.24, 2.45) is 5.84 Å². The van der Waals surface area contributed by atoms with Crippen LogP contribution in [0, 0.1) is 0 Å². The molecule has 2 rings (SSSR count). The number of fused-ring (bicyclic) bond motifs is 1. The lowest BCUT2D eigenvalue weighted by Crippen LogP contribution is -2.30. The average Bonchev–Trinajstić information content (AvgIpc) is 2.29. The largest absolute Gasteiger partial charge is 0.505 e. The van der Waals surface area contributed by atoms with E-state index >= 15 is 0 Å². The summed E-state index contributed by atoms with van der Waals surface area (Å²) >= 11 is 0. The predicted octanol–water partition coefficient (Wildman–Crippen LogP) is 0.544. The van der Waals surface area contributed by atoms with Gasteiger partial charge in [0, 0.05) is 17.0 Å². The molecule has 0 aliphatic rings. The molecular formula is C10H9N3O2. The molecule has 0 unspecified atom stereocenters. The Hall–Kier alpha value is -2.14. The van der Waals surface area contributed by atoms with Crippen molar-refractivity contribution in [3.63, 3.8) is 0 Å². The van der Waals surface area contributed by atoms with Crippen LogP contribution in [-0.4, -0.2) is 16.0 Å². The second kappa shape index (κ2) is 3.55. The molecule has 5 nitrogen and oxygen atoms in total. The minimum atomic E-state index is -0.613. The van der Waals surface area contributed by atoms with Crippen molar-refractivity contribution in [2.45, 2.75) is 0 Å². The highest BCUT2D eigenvalue weighted by Gasteiger charge is 2.13. The van der Waals surface area contributed by atoms with Gasteiger partial charge < -0.3 is 5.11 Å². The molecule has 0 aliphatic heterocycles.